The van der Waals surface area contributed by atoms with Gasteiger partial charge in [-0.05, 0) is 27.2 Å². The van der Waals surface area contributed by atoms with E-state index in [1.54, 1.807) is 19.1 Å². The smallest absolute Gasteiger partial charge is 0.150 e. The van der Waals surface area contributed by atoms with Gasteiger partial charge in [-0.1, -0.05) is 45.5 Å². The van der Waals surface area contributed by atoms with Gasteiger partial charge in [0.15, 0.2) is 0 Å². The van der Waals surface area contributed by atoms with E-state index in [-0.39, 0.29) is 13.0 Å². The Morgan fingerprint density at radius 1 is 1.25 bits per heavy atom. The SMILES string of the molecule is C.CC.CC(=O)PCc1ccc(C=O)cc1. The van der Waals surface area contributed by atoms with Gasteiger partial charge in [-0.3, -0.25) is 9.59 Å². The molecule has 0 amide bonds. The third-order valence-electron chi connectivity index (χ3n) is 1.66. The second-order valence-corrected chi connectivity index (χ2v) is 4.18. The Morgan fingerprint density at radius 3 is 2.12 bits per heavy atom. The summed E-state index contributed by atoms with van der Waals surface area (Å²) in [6, 6.07) is 7.32. The van der Waals surface area contributed by atoms with Crippen molar-refractivity contribution in [3.63, 3.8) is 0 Å². The highest BCUT2D eigenvalue weighted by Crippen LogP contribution is 2.18. The maximum Gasteiger partial charge on any atom is 0.150 e. The van der Waals surface area contributed by atoms with Crippen LogP contribution in [0.4, 0.5) is 0 Å². The molecular formula is C13H21O2P. The van der Waals surface area contributed by atoms with Crippen molar-refractivity contribution >= 4 is 20.4 Å². The van der Waals surface area contributed by atoms with Crippen molar-refractivity contribution < 1.29 is 9.59 Å². The first kappa shape index (κ1) is 17.4. The van der Waals surface area contributed by atoms with Gasteiger partial charge < -0.3 is 0 Å². The van der Waals surface area contributed by atoms with Gasteiger partial charge in [0.05, 0.1) is 0 Å². The largest absolute Gasteiger partial charge is 0.298 e. The summed E-state index contributed by atoms with van der Waals surface area (Å²) in [5.41, 5.74) is 2.01. The summed E-state index contributed by atoms with van der Waals surface area (Å²) in [6.45, 7) is 5.60. The van der Waals surface area contributed by atoms with Gasteiger partial charge in [0, 0.05) is 5.56 Å². The predicted molar refractivity (Wildman–Crippen MR) is 72.6 cm³/mol. The van der Waals surface area contributed by atoms with E-state index < -0.39 is 0 Å². The summed E-state index contributed by atoms with van der Waals surface area (Å²) in [5.74, 6) is 0. The Kier molecular flexibility index (Phi) is 11.4. The summed E-state index contributed by atoms with van der Waals surface area (Å²) >= 11 is 0. The summed E-state index contributed by atoms with van der Waals surface area (Å²) in [6.07, 6.45) is 1.60. The maximum absolute atomic E-state index is 10.7. The van der Waals surface area contributed by atoms with E-state index in [0.29, 0.717) is 14.1 Å². The number of benzene rings is 1. The maximum atomic E-state index is 10.7. The number of aldehydes is 1. The van der Waals surface area contributed by atoms with Crippen LogP contribution in [0.2, 0.25) is 0 Å². The molecule has 0 aliphatic rings. The van der Waals surface area contributed by atoms with E-state index in [9.17, 15) is 9.59 Å². The first-order chi connectivity index (χ1) is 7.22. The third-order valence-corrected chi connectivity index (χ3v) is 2.74. The highest BCUT2D eigenvalue weighted by atomic mass is 31.1. The second kappa shape index (κ2) is 10.5. The lowest BCUT2D eigenvalue weighted by atomic mass is 10.2. The molecule has 0 radical (unpaired) electrons. The fourth-order valence-electron chi connectivity index (χ4n) is 0.941. The van der Waals surface area contributed by atoms with Crippen molar-refractivity contribution in [3.05, 3.63) is 35.4 Å². The molecule has 2 nitrogen and oxygen atoms in total. The third kappa shape index (κ3) is 7.30. The van der Waals surface area contributed by atoms with Crippen LogP contribution in [-0.2, 0) is 11.0 Å². The first-order valence-corrected chi connectivity index (χ1v) is 6.21. The molecule has 3 heteroatoms. The Morgan fingerprint density at radius 2 is 1.75 bits per heavy atom. The minimum Gasteiger partial charge on any atom is -0.298 e. The van der Waals surface area contributed by atoms with Gasteiger partial charge in [-0.25, -0.2) is 0 Å². The van der Waals surface area contributed by atoms with Crippen LogP contribution in [0.1, 0.15) is 44.1 Å². The lowest BCUT2D eigenvalue weighted by molar-refractivity contribution is -0.109. The molecule has 90 valence electrons. The molecule has 1 aromatic carbocycles. The van der Waals surface area contributed by atoms with Gasteiger partial charge in [0.25, 0.3) is 0 Å². The van der Waals surface area contributed by atoms with E-state index in [4.69, 9.17) is 0 Å². The molecule has 1 unspecified atom stereocenters. The second-order valence-electron chi connectivity index (χ2n) is 2.77. The van der Waals surface area contributed by atoms with Crippen LogP contribution >= 0.6 is 8.58 Å². The molecule has 1 rings (SSSR count). The molecule has 0 aromatic heterocycles. The van der Waals surface area contributed by atoms with Crippen molar-refractivity contribution in [3.8, 4) is 0 Å². The molecule has 0 bridgehead atoms. The zero-order chi connectivity index (χ0) is 11.7. The highest BCUT2D eigenvalue weighted by molar-refractivity contribution is 7.56. The Hall–Kier alpha value is -1.01. The zero-order valence-electron chi connectivity index (χ0n) is 9.41. The van der Waals surface area contributed by atoms with Crippen LogP contribution in [0.5, 0.6) is 0 Å². The monoisotopic (exact) mass is 240 g/mol. The number of hydrogen-bond acceptors (Lipinski definition) is 2. The van der Waals surface area contributed by atoms with Gasteiger partial charge in [-0.15, -0.1) is 0 Å². The molecule has 1 atom stereocenters. The average molecular weight is 240 g/mol. The van der Waals surface area contributed by atoms with Gasteiger partial charge in [-0.2, -0.15) is 0 Å². The van der Waals surface area contributed by atoms with Crippen LogP contribution in [0.15, 0.2) is 24.3 Å². The number of carbonyl (C=O) groups excluding carboxylic acids is 2. The number of rotatable bonds is 4. The molecule has 0 fully saturated rings. The van der Waals surface area contributed by atoms with Crippen molar-refractivity contribution in [1.82, 2.24) is 0 Å². The minimum atomic E-state index is 0. The molecule has 0 aliphatic heterocycles. The molecule has 0 aliphatic carbocycles. The molecule has 0 N–H and O–H groups in total. The highest BCUT2D eigenvalue weighted by Gasteiger charge is 1.96. The first-order valence-electron chi connectivity index (χ1n) is 5.01. The molecule has 16 heavy (non-hydrogen) atoms. The molecule has 0 saturated heterocycles. The van der Waals surface area contributed by atoms with Crippen LogP contribution < -0.4 is 0 Å². The van der Waals surface area contributed by atoms with E-state index in [1.165, 1.54) is 0 Å². The van der Waals surface area contributed by atoms with Gasteiger partial charge >= 0.3 is 0 Å². The van der Waals surface area contributed by atoms with E-state index >= 15 is 0 Å². The topological polar surface area (TPSA) is 34.1 Å². The Balaban J connectivity index is 0. The summed E-state index contributed by atoms with van der Waals surface area (Å²) in [7, 11) is 0.336. The summed E-state index contributed by atoms with van der Waals surface area (Å²) in [4.78, 5) is 21.0. The lowest BCUT2D eigenvalue weighted by Gasteiger charge is -1.98. The summed E-state index contributed by atoms with van der Waals surface area (Å²) in [5, 5.41) is 0. The van der Waals surface area contributed by atoms with E-state index in [1.807, 2.05) is 26.0 Å². The Labute approximate surface area is 100 Å². The molecular weight excluding hydrogens is 219 g/mol. The van der Waals surface area contributed by atoms with Crippen molar-refractivity contribution in [1.29, 1.82) is 0 Å². The normalized spacial score (nSPS) is 8.94. The van der Waals surface area contributed by atoms with Gasteiger partial charge in [0.2, 0.25) is 0 Å². The fourth-order valence-corrected chi connectivity index (χ4v) is 1.63. The molecule has 0 spiro atoms. The standard InChI is InChI=1S/C10H11O2P.C2H6.CH4/c1-8(12)13-7-10-4-2-9(6-11)3-5-10;1-2;/h2-6,13H,7H2,1H3;1-2H3;1H4. The van der Waals surface area contributed by atoms with Gasteiger partial charge in [0.1, 0.15) is 11.8 Å². The van der Waals surface area contributed by atoms with E-state index in [2.05, 4.69) is 0 Å². The minimum absolute atomic E-state index is 0. The van der Waals surface area contributed by atoms with Crippen LogP contribution in [0, 0.1) is 0 Å². The van der Waals surface area contributed by atoms with E-state index in [0.717, 1.165) is 18.0 Å². The van der Waals surface area contributed by atoms with Crippen molar-refractivity contribution in [2.45, 2.75) is 34.4 Å². The fraction of sp³-hybridized carbons (Fsp3) is 0.385. The number of carbonyl (C=O) groups is 2. The molecule has 0 saturated carbocycles. The quantitative estimate of drug-likeness (QED) is 0.591. The van der Waals surface area contributed by atoms with Crippen molar-refractivity contribution in [2.24, 2.45) is 0 Å². The summed E-state index contributed by atoms with van der Waals surface area (Å²) < 4.78 is 0. The lowest BCUT2D eigenvalue weighted by Crippen LogP contribution is -1.84. The zero-order valence-corrected chi connectivity index (χ0v) is 10.4. The predicted octanol–water partition coefficient (Wildman–Crippen LogP) is 3.89. The number of hydrogen-bond donors (Lipinski definition) is 0. The van der Waals surface area contributed by atoms with Crippen molar-refractivity contribution in [2.75, 3.05) is 0 Å². The molecule has 0 heterocycles. The van der Waals surface area contributed by atoms with Crippen LogP contribution in [0.25, 0.3) is 0 Å². The Bertz CT molecular complexity index is 304. The average Bonchev–Trinajstić information content (AvgIpc) is 2.30. The van der Waals surface area contributed by atoms with Crippen LogP contribution in [-0.4, -0.2) is 11.8 Å². The van der Waals surface area contributed by atoms with Crippen LogP contribution in [0.3, 0.4) is 0 Å². The molecule has 1 aromatic rings.